The number of thioether (sulfide) groups is 1. The molecule has 0 saturated carbocycles. The first-order chi connectivity index (χ1) is 11.3. The van der Waals surface area contributed by atoms with E-state index in [0.29, 0.717) is 5.16 Å². The minimum atomic E-state index is -4.50. The van der Waals surface area contributed by atoms with Gasteiger partial charge in [-0.1, -0.05) is 30.0 Å². The highest BCUT2D eigenvalue weighted by Crippen LogP contribution is 2.37. The highest BCUT2D eigenvalue weighted by Gasteiger charge is 2.34. The molecule has 0 saturated heterocycles. The fourth-order valence-corrected chi connectivity index (χ4v) is 3.04. The summed E-state index contributed by atoms with van der Waals surface area (Å²) in [7, 11) is 0. The maximum atomic E-state index is 12.9. The van der Waals surface area contributed by atoms with Crippen LogP contribution in [0.2, 0.25) is 0 Å². The quantitative estimate of drug-likeness (QED) is 0.642. The van der Waals surface area contributed by atoms with Crippen LogP contribution >= 0.6 is 11.8 Å². The topological polar surface area (TPSA) is 74.8 Å². The lowest BCUT2D eigenvalue weighted by atomic mass is 9.86. The molecule has 1 unspecified atom stereocenters. The third-order valence-corrected chi connectivity index (χ3v) is 4.32. The highest BCUT2D eigenvalue weighted by molar-refractivity contribution is 7.98. The molecule has 2 aromatic rings. The number of hydrogen-bond donors (Lipinski definition) is 2. The van der Waals surface area contributed by atoms with Crippen molar-refractivity contribution in [2.45, 2.75) is 23.7 Å². The maximum absolute atomic E-state index is 12.9. The van der Waals surface area contributed by atoms with Gasteiger partial charge in [0.15, 0.2) is 5.16 Å². The average molecular weight is 355 g/mol. The van der Waals surface area contributed by atoms with Gasteiger partial charge in [-0.25, -0.2) is 4.98 Å². The van der Waals surface area contributed by atoms with Crippen LogP contribution in [-0.2, 0) is 11.0 Å². The lowest BCUT2D eigenvalue weighted by molar-refractivity contribution is -0.137. The summed E-state index contributed by atoms with van der Waals surface area (Å²) in [5, 5.41) is 2.84. The van der Waals surface area contributed by atoms with Gasteiger partial charge in [0.05, 0.1) is 11.1 Å². The number of alkyl halides is 3. The fourth-order valence-electron chi connectivity index (χ4n) is 2.66. The van der Waals surface area contributed by atoms with Crippen molar-refractivity contribution < 1.29 is 18.0 Å². The molecule has 1 amide bonds. The molecule has 2 N–H and O–H groups in total. The SMILES string of the molecule is CSc1nc2c(c(=O)[nH]1)C(c1cccc(C(F)(F)F)c1)CC(=O)N2. The van der Waals surface area contributed by atoms with Crippen molar-refractivity contribution >= 4 is 23.5 Å². The Morgan fingerprint density at radius 1 is 1.29 bits per heavy atom. The molecule has 3 rings (SSSR count). The van der Waals surface area contributed by atoms with Crippen molar-refractivity contribution in [3.63, 3.8) is 0 Å². The van der Waals surface area contributed by atoms with Crippen molar-refractivity contribution in [1.29, 1.82) is 0 Å². The van der Waals surface area contributed by atoms with Gasteiger partial charge in [-0.15, -0.1) is 0 Å². The smallest absolute Gasteiger partial charge is 0.310 e. The second-order valence-electron chi connectivity index (χ2n) is 5.27. The molecule has 9 heteroatoms. The lowest BCUT2D eigenvalue weighted by Gasteiger charge is -2.25. The van der Waals surface area contributed by atoms with E-state index in [1.54, 1.807) is 6.26 Å². The molecule has 1 aromatic carbocycles. The Hall–Kier alpha value is -2.29. The van der Waals surface area contributed by atoms with Gasteiger partial charge in [0, 0.05) is 12.3 Å². The predicted octanol–water partition coefficient (Wildman–Crippen LogP) is 2.98. The molecule has 1 aromatic heterocycles. The van der Waals surface area contributed by atoms with Gasteiger partial charge in [0.1, 0.15) is 5.82 Å². The summed E-state index contributed by atoms with van der Waals surface area (Å²) in [6.45, 7) is 0. The first-order valence-electron chi connectivity index (χ1n) is 6.95. The molecule has 0 radical (unpaired) electrons. The third-order valence-electron chi connectivity index (χ3n) is 3.74. The molecule has 1 aliphatic rings. The Kier molecular flexibility index (Phi) is 4.12. The molecule has 126 valence electrons. The van der Waals surface area contributed by atoms with Crippen molar-refractivity contribution in [2.75, 3.05) is 11.6 Å². The Morgan fingerprint density at radius 2 is 2.04 bits per heavy atom. The zero-order chi connectivity index (χ0) is 17.5. The van der Waals surface area contributed by atoms with E-state index in [4.69, 9.17) is 0 Å². The molecule has 0 fully saturated rings. The Bertz CT molecular complexity index is 864. The second kappa shape index (κ2) is 5.97. The van der Waals surface area contributed by atoms with E-state index in [2.05, 4.69) is 15.3 Å². The Balaban J connectivity index is 2.14. The third kappa shape index (κ3) is 3.03. The number of aromatic amines is 1. The summed E-state index contributed by atoms with van der Waals surface area (Å²) in [6.07, 6.45) is -2.90. The van der Waals surface area contributed by atoms with Crippen LogP contribution in [0.5, 0.6) is 0 Å². The molecular weight excluding hydrogens is 343 g/mol. The predicted molar refractivity (Wildman–Crippen MR) is 83.2 cm³/mol. The van der Waals surface area contributed by atoms with Crippen molar-refractivity contribution in [2.24, 2.45) is 0 Å². The number of hydrogen-bond acceptors (Lipinski definition) is 4. The summed E-state index contributed by atoms with van der Waals surface area (Å²) < 4.78 is 38.8. The maximum Gasteiger partial charge on any atom is 0.416 e. The summed E-state index contributed by atoms with van der Waals surface area (Å²) in [6, 6.07) is 4.66. The van der Waals surface area contributed by atoms with Gasteiger partial charge in [-0.3, -0.25) is 9.59 Å². The largest absolute Gasteiger partial charge is 0.416 e. The summed E-state index contributed by atoms with van der Waals surface area (Å²) >= 11 is 1.19. The molecule has 2 heterocycles. The van der Waals surface area contributed by atoms with Gasteiger partial charge in [-0.2, -0.15) is 13.2 Å². The minimum Gasteiger partial charge on any atom is -0.310 e. The second-order valence-corrected chi connectivity index (χ2v) is 6.06. The molecular formula is C15H12F3N3O2S. The van der Waals surface area contributed by atoms with Crippen molar-refractivity contribution in [3.8, 4) is 0 Å². The standard InChI is InChI=1S/C15H12F3N3O2S/c1-24-14-20-12-11(13(23)21-14)9(6-10(22)19-12)7-3-2-4-8(5-7)15(16,17)18/h2-5,9H,6H2,1H3,(H2,19,20,21,22,23). The first kappa shape index (κ1) is 16.6. The zero-order valence-electron chi connectivity index (χ0n) is 12.4. The minimum absolute atomic E-state index is 0.0989. The molecule has 1 atom stereocenters. The van der Waals surface area contributed by atoms with Crippen LogP contribution in [0.3, 0.4) is 0 Å². The van der Waals surface area contributed by atoms with Crippen LogP contribution < -0.4 is 10.9 Å². The van der Waals surface area contributed by atoms with E-state index in [1.807, 2.05) is 0 Å². The number of nitrogens with zero attached hydrogens (tertiary/aromatic N) is 1. The van der Waals surface area contributed by atoms with Crippen LogP contribution in [0, 0.1) is 0 Å². The molecule has 5 nitrogen and oxygen atoms in total. The van der Waals surface area contributed by atoms with Crippen LogP contribution in [0.4, 0.5) is 19.0 Å². The van der Waals surface area contributed by atoms with E-state index in [9.17, 15) is 22.8 Å². The van der Waals surface area contributed by atoms with Gasteiger partial charge in [0.2, 0.25) is 5.91 Å². The number of carbonyl (C=O) groups excluding carboxylic acids is 1. The first-order valence-corrected chi connectivity index (χ1v) is 8.17. The van der Waals surface area contributed by atoms with Gasteiger partial charge in [-0.05, 0) is 17.9 Å². The van der Waals surface area contributed by atoms with E-state index < -0.39 is 29.1 Å². The van der Waals surface area contributed by atoms with E-state index in [1.165, 1.54) is 23.9 Å². The molecule has 1 aliphatic heterocycles. The number of anilines is 1. The number of aromatic nitrogens is 2. The van der Waals surface area contributed by atoms with Crippen LogP contribution in [-0.4, -0.2) is 22.1 Å². The number of carbonyl (C=O) groups is 1. The van der Waals surface area contributed by atoms with Crippen LogP contribution in [0.25, 0.3) is 0 Å². The number of benzene rings is 1. The van der Waals surface area contributed by atoms with E-state index in [-0.39, 0.29) is 23.4 Å². The highest BCUT2D eigenvalue weighted by atomic mass is 32.2. The van der Waals surface area contributed by atoms with Gasteiger partial charge in [0.25, 0.3) is 5.56 Å². The number of rotatable bonds is 2. The number of fused-ring (bicyclic) bond motifs is 1. The Morgan fingerprint density at radius 3 is 2.71 bits per heavy atom. The number of halogens is 3. The molecule has 0 aliphatic carbocycles. The number of nitrogens with one attached hydrogen (secondary N) is 2. The Labute approximate surface area is 138 Å². The normalized spacial score (nSPS) is 17.3. The van der Waals surface area contributed by atoms with Crippen molar-refractivity contribution in [1.82, 2.24) is 9.97 Å². The van der Waals surface area contributed by atoms with Crippen molar-refractivity contribution in [3.05, 3.63) is 51.3 Å². The lowest BCUT2D eigenvalue weighted by Crippen LogP contribution is -2.31. The molecule has 0 spiro atoms. The summed E-state index contributed by atoms with van der Waals surface area (Å²) in [5.41, 5.74) is -0.860. The van der Waals surface area contributed by atoms with E-state index >= 15 is 0 Å². The monoisotopic (exact) mass is 355 g/mol. The number of amides is 1. The van der Waals surface area contributed by atoms with E-state index in [0.717, 1.165) is 12.1 Å². The summed E-state index contributed by atoms with van der Waals surface area (Å²) in [4.78, 5) is 31.0. The van der Waals surface area contributed by atoms with Gasteiger partial charge >= 0.3 is 6.18 Å². The average Bonchev–Trinajstić information content (AvgIpc) is 2.52. The van der Waals surface area contributed by atoms with Crippen LogP contribution in [0.1, 0.15) is 29.0 Å². The summed E-state index contributed by atoms with van der Waals surface area (Å²) in [5.74, 6) is -1.07. The molecule has 24 heavy (non-hydrogen) atoms. The fraction of sp³-hybridized carbons (Fsp3) is 0.267. The number of H-pyrrole nitrogens is 1. The van der Waals surface area contributed by atoms with Crippen LogP contribution in [0.15, 0.2) is 34.2 Å². The zero-order valence-corrected chi connectivity index (χ0v) is 13.2. The molecule has 0 bridgehead atoms. The van der Waals surface area contributed by atoms with Gasteiger partial charge < -0.3 is 10.3 Å².